The van der Waals surface area contributed by atoms with E-state index in [1.54, 1.807) is 18.0 Å². The summed E-state index contributed by atoms with van der Waals surface area (Å²) in [6.45, 7) is 4.16. The van der Waals surface area contributed by atoms with Gasteiger partial charge in [0.25, 0.3) is 0 Å². The predicted octanol–water partition coefficient (Wildman–Crippen LogP) is 4.33. The van der Waals surface area contributed by atoms with Crippen LogP contribution in [0.25, 0.3) is 0 Å². The molecule has 1 fully saturated rings. The van der Waals surface area contributed by atoms with Gasteiger partial charge in [0.15, 0.2) is 0 Å². The number of carbonyl (C=O) groups excluding carboxylic acids is 2. The third-order valence-corrected chi connectivity index (χ3v) is 5.46. The van der Waals surface area contributed by atoms with Crippen LogP contribution in [0.2, 0.25) is 0 Å². The summed E-state index contributed by atoms with van der Waals surface area (Å²) in [7, 11) is 1.68. The normalized spacial score (nSPS) is 17.0. The summed E-state index contributed by atoms with van der Waals surface area (Å²) in [6.07, 6.45) is -4.37. The molecule has 1 atom stereocenters. The summed E-state index contributed by atoms with van der Waals surface area (Å²) >= 11 is 0. The van der Waals surface area contributed by atoms with E-state index in [1.807, 2.05) is 32.0 Å². The van der Waals surface area contributed by atoms with Gasteiger partial charge < -0.3 is 9.80 Å². The van der Waals surface area contributed by atoms with Crippen molar-refractivity contribution in [2.24, 2.45) is 5.92 Å². The lowest BCUT2D eigenvalue weighted by Crippen LogP contribution is -2.35. The molecule has 3 rings (SSSR count). The molecule has 1 saturated heterocycles. The minimum atomic E-state index is -4.43. The van der Waals surface area contributed by atoms with Gasteiger partial charge in [-0.2, -0.15) is 13.2 Å². The lowest BCUT2D eigenvalue weighted by atomic mass is 10.0. The fourth-order valence-corrected chi connectivity index (χ4v) is 3.65. The van der Waals surface area contributed by atoms with E-state index in [-0.39, 0.29) is 31.3 Å². The van der Waals surface area contributed by atoms with Crippen LogP contribution in [-0.2, 0) is 22.3 Å². The maximum absolute atomic E-state index is 12.9. The average Bonchev–Trinajstić information content (AvgIpc) is 3.03. The number of rotatable bonds is 4. The number of amides is 2. The number of likely N-dealkylation sites (tertiary alicyclic amines) is 1. The number of carbonyl (C=O) groups is 2. The number of anilines is 1. The molecule has 1 unspecified atom stereocenters. The molecule has 0 radical (unpaired) electrons. The van der Waals surface area contributed by atoms with E-state index >= 15 is 0 Å². The van der Waals surface area contributed by atoms with Gasteiger partial charge >= 0.3 is 6.18 Å². The van der Waals surface area contributed by atoms with E-state index < -0.39 is 17.7 Å². The monoisotopic (exact) mass is 404 g/mol. The fourth-order valence-electron chi connectivity index (χ4n) is 3.65. The topological polar surface area (TPSA) is 40.6 Å². The highest BCUT2D eigenvalue weighted by Crippen LogP contribution is 2.31. The Morgan fingerprint density at radius 2 is 1.86 bits per heavy atom. The third-order valence-electron chi connectivity index (χ3n) is 5.46. The van der Waals surface area contributed by atoms with Crippen LogP contribution in [0.3, 0.4) is 0 Å². The molecule has 1 aliphatic rings. The van der Waals surface area contributed by atoms with Crippen molar-refractivity contribution in [1.82, 2.24) is 4.90 Å². The maximum atomic E-state index is 12.9. The van der Waals surface area contributed by atoms with E-state index in [4.69, 9.17) is 0 Å². The molecule has 2 aromatic carbocycles. The summed E-state index contributed by atoms with van der Waals surface area (Å²) in [4.78, 5) is 28.3. The van der Waals surface area contributed by atoms with E-state index in [2.05, 4.69) is 0 Å². The van der Waals surface area contributed by atoms with Crippen LogP contribution < -0.4 is 4.90 Å². The van der Waals surface area contributed by atoms with Crippen molar-refractivity contribution in [2.45, 2.75) is 33.0 Å². The molecule has 0 saturated carbocycles. The standard InChI is InChI=1S/C22H23F3N2O2/c1-14-6-4-9-19(15(14)2)26(3)21(29)17-11-20(28)27(13-17)12-16-7-5-8-18(10-16)22(23,24)25/h4-10,17H,11-13H2,1-3H3. The molecule has 29 heavy (non-hydrogen) atoms. The Bertz CT molecular complexity index is 940. The Labute approximate surface area is 167 Å². The Balaban J connectivity index is 1.72. The van der Waals surface area contributed by atoms with Crippen molar-refractivity contribution >= 4 is 17.5 Å². The number of hydrogen-bond donors (Lipinski definition) is 0. The van der Waals surface area contributed by atoms with Crippen molar-refractivity contribution in [3.8, 4) is 0 Å². The zero-order chi connectivity index (χ0) is 21.3. The van der Waals surface area contributed by atoms with E-state index in [0.717, 1.165) is 28.9 Å². The molecule has 7 heteroatoms. The quantitative estimate of drug-likeness (QED) is 0.761. The number of nitrogens with zero attached hydrogens (tertiary/aromatic N) is 2. The Kier molecular flexibility index (Phi) is 5.68. The zero-order valence-electron chi connectivity index (χ0n) is 16.6. The lowest BCUT2D eigenvalue weighted by molar-refractivity contribution is -0.137. The van der Waals surface area contributed by atoms with Crippen molar-refractivity contribution in [3.05, 3.63) is 64.7 Å². The SMILES string of the molecule is Cc1cccc(N(C)C(=O)C2CC(=O)N(Cc3cccc(C(F)(F)F)c3)C2)c1C. The molecule has 0 N–H and O–H groups in total. The van der Waals surface area contributed by atoms with Gasteiger partial charge in [-0.1, -0.05) is 24.3 Å². The number of alkyl halides is 3. The highest BCUT2D eigenvalue weighted by Gasteiger charge is 2.37. The molecule has 2 amide bonds. The molecule has 0 bridgehead atoms. The van der Waals surface area contributed by atoms with Gasteiger partial charge in [0.2, 0.25) is 11.8 Å². The first kappa shape index (κ1) is 20.9. The highest BCUT2D eigenvalue weighted by atomic mass is 19.4. The minimum absolute atomic E-state index is 0.0553. The van der Waals surface area contributed by atoms with Gasteiger partial charge in [0, 0.05) is 32.2 Å². The molecule has 1 aliphatic heterocycles. The van der Waals surface area contributed by atoms with Gasteiger partial charge in [-0.05, 0) is 48.7 Å². The Morgan fingerprint density at radius 3 is 2.55 bits per heavy atom. The Morgan fingerprint density at radius 1 is 1.17 bits per heavy atom. The van der Waals surface area contributed by atoms with E-state index in [9.17, 15) is 22.8 Å². The van der Waals surface area contributed by atoms with Crippen LogP contribution in [-0.4, -0.2) is 30.3 Å². The molecule has 2 aromatic rings. The summed E-state index contributed by atoms with van der Waals surface area (Å²) < 4.78 is 38.7. The number of aryl methyl sites for hydroxylation is 1. The molecule has 0 spiro atoms. The number of halogens is 3. The smallest absolute Gasteiger partial charge is 0.338 e. The summed E-state index contributed by atoms with van der Waals surface area (Å²) in [6, 6.07) is 10.6. The molecule has 4 nitrogen and oxygen atoms in total. The number of benzene rings is 2. The van der Waals surface area contributed by atoms with Crippen molar-refractivity contribution < 1.29 is 22.8 Å². The summed E-state index contributed by atoms with van der Waals surface area (Å²) in [5.74, 6) is -0.910. The van der Waals surface area contributed by atoms with E-state index in [1.165, 1.54) is 11.0 Å². The van der Waals surface area contributed by atoms with Crippen LogP contribution in [0.5, 0.6) is 0 Å². The van der Waals surface area contributed by atoms with Crippen LogP contribution in [0.15, 0.2) is 42.5 Å². The second kappa shape index (κ2) is 7.89. The third kappa shape index (κ3) is 4.44. The number of hydrogen-bond acceptors (Lipinski definition) is 2. The average molecular weight is 404 g/mol. The molecule has 0 aliphatic carbocycles. The lowest BCUT2D eigenvalue weighted by Gasteiger charge is -2.24. The first-order valence-electron chi connectivity index (χ1n) is 9.35. The van der Waals surface area contributed by atoms with Crippen LogP contribution in [0, 0.1) is 19.8 Å². The second-order valence-electron chi connectivity index (χ2n) is 7.49. The van der Waals surface area contributed by atoms with Crippen molar-refractivity contribution in [1.29, 1.82) is 0 Å². The predicted molar refractivity (Wildman–Crippen MR) is 104 cm³/mol. The molecular weight excluding hydrogens is 381 g/mol. The van der Waals surface area contributed by atoms with Gasteiger partial charge in [-0.25, -0.2) is 0 Å². The Hall–Kier alpha value is -2.83. The maximum Gasteiger partial charge on any atom is 0.416 e. The van der Waals surface area contributed by atoms with Crippen LogP contribution >= 0.6 is 0 Å². The summed E-state index contributed by atoms with van der Waals surface area (Å²) in [5.41, 5.74) is 2.50. The molecular formula is C22H23F3N2O2. The van der Waals surface area contributed by atoms with Gasteiger partial charge in [-0.3, -0.25) is 9.59 Å². The first-order valence-corrected chi connectivity index (χ1v) is 9.35. The minimum Gasteiger partial charge on any atom is -0.338 e. The fraction of sp³-hybridized carbons (Fsp3) is 0.364. The largest absolute Gasteiger partial charge is 0.416 e. The van der Waals surface area contributed by atoms with E-state index in [0.29, 0.717) is 5.56 Å². The molecule has 1 heterocycles. The van der Waals surface area contributed by atoms with Crippen LogP contribution in [0.1, 0.15) is 28.7 Å². The first-order chi connectivity index (χ1) is 13.6. The van der Waals surface area contributed by atoms with Gasteiger partial charge in [-0.15, -0.1) is 0 Å². The van der Waals surface area contributed by atoms with Gasteiger partial charge in [0.1, 0.15) is 0 Å². The van der Waals surface area contributed by atoms with Crippen molar-refractivity contribution in [2.75, 3.05) is 18.5 Å². The highest BCUT2D eigenvalue weighted by molar-refractivity contribution is 5.99. The van der Waals surface area contributed by atoms with Gasteiger partial charge in [0.05, 0.1) is 11.5 Å². The molecule has 0 aromatic heterocycles. The second-order valence-corrected chi connectivity index (χ2v) is 7.49. The molecule has 154 valence electrons. The zero-order valence-corrected chi connectivity index (χ0v) is 16.6. The van der Waals surface area contributed by atoms with Crippen LogP contribution in [0.4, 0.5) is 18.9 Å². The summed E-state index contributed by atoms with van der Waals surface area (Å²) in [5, 5.41) is 0. The van der Waals surface area contributed by atoms with Crippen molar-refractivity contribution in [3.63, 3.8) is 0 Å².